The van der Waals surface area contributed by atoms with Crippen LogP contribution in [-0.4, -0.2) is 24.1 Å². The zero-order valence-corrected chi connectivity index (χ0v) is 19.0. The molecule has 0 bridgehead atoms. The van der Waals surface area contributed by atoms with Gasteiger partial charge in [0.15, 0.2) is 11.3 Å². The molecule has 0 saturated carbocycles. The van der Waals surface area contributed by atoms with Gasteiger partial charge in [0.25, 0.3) is 5.56 Å². The fourth-order valence-corrected chi connectivity index (χ4v) is 4.36. The summed E-state index contributed by atoms with van der Waals surface area (Å²) in [6.07, 6.45) is 7.08. The molecule has 0 aliphatic heterocycles. The number of benzene rings is 2. The van der Waals surface area contributed by atoms with Crippen molar-refractivity contribution in [3.8, 4) is 5.69 Å². The second kappa shape index (κ2) is 8.90. The highest BCUT2D eigenvalue weighted by atomic mass is 35.5. The summed E-state index contributed by atoms with van der Waals surface area (Å²) in [7, 11) is 0. The first-order valence-corrected chi connectivity index (χ1v) is 11.6. The number of aryl methyl sites for hydroxylation is 1. The molecule has 0 fully saturated rings. The van der Waals surface area contributed by atoms with Gasteiger partial charge in [-0.3, -0.25) is 13.9 Å². The highest BCUT2D eigenvalue weighted by Crippen LogP contribution is 2.29. The highest BCUT2D eigenvalue weighted by molar-refractivity contribution is 6.31. The summed E-state index contributed by atoms with van der Waals surface area (Å²) in [5, 5.41) is 0.386. The van der Waals surface area contributed by atoms with Crippen molar-refractivity contribution >= 4 is 44.8 Å². The van der Waals surface area contributed by atoms with Gasteiger partial charge in [-0.25, -0.2) is 19.3 Å². The van der Waals surface area contributed by atoms with Gasteiger partial charge in [-0.2, -0.15) is 0 Å². The highest BCUT2D eigenvalue weighted by Gasteiger charge is 2.21. The predicted octanol–water partition coefficient (Wildman–Crippen LogP) is 6.05. The molecule has 0 aliphatic carbocycles. The van der Waals surface area contributed by atoms with Crippen LogP contribution in [0.4, 0.5) is 4.39 Å². The lowest BCUT2D eigenvalue weighted by molar-refractivity contribution is 0.556. The van der Waals surface area contributed by atoms with E-state index in [1.165, 1.54) is 25.0 Å². The maximum Gasteiger partial charge on any atom is 0.265 e. The Bertz CT molecular complexity index is 1540. The van der Waals surface area contributed by atoms with Crippen LogP contribution in [0.15, 0.2) is 53.6 Å². The molecule has 0 saturated heterocycles. The first kappa shape index (κ1) is 21.5. The zero-order chi connectivity index (χ0) is 22.9. The molecule has 168 valence electrons. The Morgan fingerprint density at radius 3 is 2.48 bits per heavy atom. The van der Waals surface area contributed by atoms with Crippen LogP contribution in [0.2, 0.25) is 5.02 Å². The molecule has 0 aliphatic rings. The largest absolute Gasteiger partial charge is 0.299 e. The lowest BCUT2D eigenvalue weighted by Crippen LogP contribution is -2.20. The summed E-state index contributed by atoms with van der Waals surface area (Å²) in [4.78, 5) is 27.7. The molecule has 3 aromatic heterocycles. The van der Waals surface area contributed by atoms with Gasteiger partial charge >= 0.3 is 0 Å². The monoisotopic (exact) mass is 463 g/mol. The minimum absolute atomic E-state index is 0.0170. The van der Waals surface area contributed by atoms with E-state index in [4.69, 9.17) is 21.6 Å². The minimum Gasteiger partial charge on any atom is -0.299 e. The van der Waals surface area contributed by atoms with Crippen LogP contribution in [0, 0.1) is 5.82 Å². The number of aromatic nitrogens is 5. The Kier molecular flexibility index (Phi) is 5.81. The second-order valence-electron chi connectivity index (χ2n) is 8.17. The van der Waals surface area contributed by atoms with Crippen LogP contribution in [0.5, 0.6) is 0 Å². The quantitative estimate of drug-likeness (QED) is 0.276. The third-order valence-corrected chi connectivity index (χ3v) is 6.18. The molecule has 0 amide bonds. The maximum absolute atomic E-state index is 13.9. The number of unbranched alkanes of at least 4 members (excludes halogenated alkanes) is 4. The molecule has 0 atom stereocenters. The predicted molar refractivity (Wildman–Crippen MR) is 130 cm³/mol. The molecule has 8 heteroatoms. The van der Waals surface area contributed by atoms with Gasteiger partial charge in [-0.1, -0.05) is 56.3 Å². The summed E-state index contributed by atoms with van der Waals surface area (Å²) in [6.45, 7) is 2.78. The summed E-state index contributed by atoms with van der Waals surface area (Å²) in [5.41, 5.74) is 3.18. The fraction of sp³-hybridized carbons (Fsp3) is 0.280. The van der Waals surface area contributed by atoms with Gasteiger partial charge in [0, 0.05) is 6.54 Å². The van der Waals surface area contributed by atoms with E-state index in [-0.39, 0.29) is 10.6 Å². The minimum atomic E-state index is -0.517. The standard InChI is InChI=1S/C25H23ClFN5O/c1-2-3-4-5-8-13-31-15-28-23-21(25(31)33)22-24(30-20-10-7-6-9-19(20)29-22)32(23)16-11-12-18(27)17(26)14-16/h6-7,9-12,14-15H,2-5,8,13H2,1H3. The Labute approximate surface area is 194 Å². The van der Waals surface area contributed by atoms with E-state index in [9.17, 15) is 9.18 Å². The average molecular weight is 464 g/mol. The summed E-state index contributed by atoms with van der Waals surface area (Å²) < 4.78 is 17.2. The van der Waals surface area contributed by atoms with E-state index in [0.717, 1.165) is 19.3 Å². The van der Waals surface area contributed by atoms with Crippen LogP contribution in [0.3, 0.4) is 0 Å². The fourth-order valence-electron chi connectivity index (χ4n) is 4.19. The smallest absolute Gasteiger partial charge is 0.265 e. The van der Waals surface area contributed by atoms with E-state index >= 15 is 0 Å². The van der Waals surface area contributed by atoms with E-state index in [2.05, 4.69) is 11.9 Å². The van der Waals surface area contributed by atoms with Gasteiger partial charge < -0.3 is 0 Å². The van der Waals surface area contributed by atoms with Crippen molar-refractivity contribution in [1.82, 2.24) is 24.1 Å². The van der Waals surface area contributed by atoms with Crippen LogP contribution < -0.4 is 5.56 Å². The van der Waals surface area contributed by atoms with Crippen LogP contribution >= 0.6 is 11.6 Å². The molecule has 6 nitrogen and oxygen atoms in total. The first-order chi connectivity index (χ1) is 16.1. The molecule has 0 radical (unpaired) electrons. The van der Waals surface area contributed by atoms with Crippen LogP contribution in [-0.2, 0) is 6.54 Å². The van der Waals surface area contributed by atoms with Gasteiger partial charge in [0.2, 0.25) is 0 Å². The number of fused-ring (bicyclic) bond motifs is 4. The summed E-state index contributed by atoms with van der Waals surface area (Å²) in [5.74, 6) is -0.517. The van der Waals surface area contributed by atoms with Crippen molar-refractivity contribution in [1.29, 1.82) is 0 Å². The molecule has 5 aromatic rings. The van der Waals surface area contributed by atoms with Crippen LogP contribution in [0.25, 0.3) is 38.9 Å². The van der Waals surface area contributed by atoms with E-state index < -0.39 is 5.82 Å². The van der Waals surface area contributed by atoms with Gasteiger partial charge in [0.05, 0.1) is 28.1 Å². The van der Waals surface area contributed by atoms with Gasteiger partial charge in [-0.15, -0.1) is 0 Å². The molecule has 3 heterocycles. The van der Waals surface area contributed by atoms with Gasteiger partial charge in [0.1, 0.15) is 16.7 Å². The Morgan fingerprint density at radius 2 is 1.73 bits per heavy atom. The lowest BCUT2D eigenvalue weighted by atomic mass is 10.1. The van der Waals surface area contributed by atoms with E-state index in [1.54, 1.807) is 21.5 Å². The summed E-state index contributed by atoms with van der Waals surface area (Å²) >= 11 is 6.07. The maximum atomic E-state index is 13.9. The Balaban J connectivity index is 1.74. The molecule has 0 N–H and O–H groups in total. The van der Waals surface area contributed by atoms with Crippen molar-refractivity contribution in [2.75, 3.05) is 0 Å². The van der Waals surface area contributed by atoms with E-state index in [0.29, 0.717) is 45.5 Å². The van der Waals surface area contributed by atoms with Crippen molar-refractivity contribution < 1.29 is 4.39 Å². The van der Waals surface area contributed by atoms with Gasteiger partial charge in [-0.05, 0) is 36.8 Å². The lowest BCUT2D eigenvalue weighted by Gasteiger charge is -2.08. The Hall–Kier alpha value is -3.32. The van der Waals surface area contributed by atoms with Crippen LogP contribution in [0.1, 0.15) is 39.0 Å². The molecule has 5 rings (SSSR count). The topological polar surface area (TPSA) is 65.6 Å². The number of hydrogen-bond acceptors (Lipinski definition) is 4. The van der Waals surface area contributed by atoms with Crippen molar-refractivity contribution in [3.05, 3.63) is 70.0 Å². The average Bonchev–Trinajstić information content (AvgIpc) is 3.14. The van der Waals surface area contributed by atoms with Crippen molar-refractivity contribution in [2.45, 2.75) is 45.6 Å². The normalized spacial score (nSPS) is 11.7. The molecular formula is C25H23ClFN5O. The first-order valence-electron chi connectivity index (χ1n) is 11.2. The molecule has 33 heavy (non-hydrogen) atoms. The molecule has 2 aromatic carbocycles. The van der Waals surface area contributed by atoms with Crippen molar-refractivity contribution in [3.63, 3.8) is 0 Å². The zero-order valence-electron chi connectivity index (χ0n) is 18.3. The number of nitrogens with zero attached hydrogens (tertiary/aromatic N) is 5. The number of halogens is 2. The molecule has 0 unspecified atom stereocenters. The number of rotatable bonds is 7. The number of para-hydroxylation sites is 2. The Morgan fingerprint density at radius 1 is 0.970 bits per heavy atom. The second-order valence-corrected chi connectivity index (χ2v) is 8.58. The summed E-state index contributed by atoms with van der Waals surface area (Å²) in [6, 6.07) is 11.9. The number of hydrogen-bond donors (Lipinski definition) is 0. The van der Waals surface area contributed by atoms with Crippen molar-refractivity contribution in [2.24, 2.45) is 0 Å². The third kappa shape index (κ3) is 3.86. The molecular weight excluding hydrogens is 441 g/mol. The third-order valence-electron chi connectivity index (χ3n) is 5.89. The SMILES string of the molecule is CCCCCCCn1cnc2c(c1=O)c1nc3ccccc3nc1n2-c1ccc(F)c(Cl)c1. The molecule has 0 spiro atoms. The van der Waals surface area contributed by atoms with E-state index in [1.807, 2.05) is 24.3 Å².